The lowest BCUT2D eigenvalue weighted by Gasteiger charge is -2.26. The van der Waals surface area contributed by atoms with Crippen molar-refractivity contribution in [3.05, 3.63) is 65.0 Å². The standard InChI is InChI=1S/C21H22N2O4S/c1-14-2-7-20(22-13-14)16-8-10-23(11-9-16)28(26,27)17-5-3-15-4-6-18(21(24)25)19(15)12-17/h2-3,5,7-8,12-13,18H,4,6,9-11H2,1H3,(H,24,25). The molecule has 146 valence electrons. The Morgan fingerprint density at radius 1 is 1.21 bits per heavy atom. The summed E-state index contributed by atoms with van der Waals surface area (Å²) in [5.74, 6) is -1.52. The van der Waals surface area contributed by atoms with Gasteiger partial charge >= 0.3 is 5.97 Å². The third-order valence-corrected chi connectivity index (χ3v) is 7.40. The highest BCUT2D eigenvalue weighted by molar-refractivity contribution is 7.89. The van der Waals surface area contributed by atoms with Crippen LogP contribution in [0.15, 0.2) is 47.5 Å². The maximum absolute atomic E-state index is 13.1. The van der Waals surface area contributed by atoms with E-state index in [1.165, 1.54) is 4.31 Å². The average Bonchev–Trinajstić information content (AvgIpc) is 3.12. The van der Waals surface area contributed by atoms with Crippen LogP contribution in [-0.2, 0) is 21.2 Å². The molecule has 28 heavy (non-hydrogen) atoms. The van der Waals surface area contributed by atoms with Crippen LogP contribution in [0.5, 0.6) is 0 Å². The first-order valence-corrected chi connectivity index (χ1v) is 10.8. The zero-order valence-corrected chi connectivity index (χ0v) is 16.4. The molecule has 0 spiro atoms. The predicted octanol–water partition coefficient (Wildman–Crippen LogP) is 2.98. The lowest BCUT2D eigenvalue weighted by molar-refractivity contribution is -0.138. The Kier molecular flexibility index (Phi) is 4.81. The van der Waals surface area contributed by atoms with Crippen molar-refractivity contribution in [3.8, 4) is 0 Å². The first-order chi connectivity index (χ1) is 13.4. The summed E-state index contributed by atoms with van der Waals surface area (Å²) in [5, 5.41) is 9.38. The van der Waals surface area contributed by atoms with Crippen LogP contribution in [0.2, 0.25) is 0 Å². The van der Waals surface area contributed by atoms with E-state index in [9.17, 15) is 18.3 Å². The Hall–Kier alpha value is -2.51. The number of rotatable bonds is 4. The maximum atomic E-state index is 13.1. The molecule has 1 aromatic heterocycles. The van der Waals surface area contributed by atoms with E-state index in [0.717, 1.165) is 22.4 Å². The number of fused-ring (bicyclic) bond motifs is 1. The molecule has 0 bridgehead atoms. The molecule has 1 unspecified atom stereocenters. The van der Waals surface area contributed by atoms with Crippen molar-refractivity contribution in [2.45, 2.75) is 37.0 Å². The van der Waals surface area contributed by atoms with Gasteiger partial charge in [-0.15, -0.1) is 0 Å². The first kappa shape index (κ1) is 18.8. The van der Waals surface area contributed by atoms with E-state index in [0.29, 0.717) is 31.4 Å². The number of aryl methyl sites for hydroxylation is 2. The smallest absolute Gasteiger partial charge is 0.310 e. The summed E-state index contributed by atoms with van der Waals surface area (Å²) in [5.41, 5.74) is 4.57. The molecular weight excluding hydrogens is 376 g/mol. The van der Waals surface area contributed by atoms with Gasteiger partial charge in [-0.3, -0.25) is 9.78 Å². The van der Waals surface area contributed by atoms with Crippen LogP contribution in [-0.4, -0.2) is 41.9 Å². The van der Waals surface area contributed by atoms with E-state index >= 15 is 0 Å². The molecule has 1 aromatic carbocycles. The fraction of sp³-hybridized carbons (Fsp3) is 0.333. The van der Waals surface area contributed by atoms with Gasteiger partial charge in [0.05, 0.1) is 16.5 Å². The van der Waals surface area contributed by atoms with Gasteiger partial charge in [0, 0.05) is 19.3 Å². The third kappa shape index (κ3) is 3.36. The highest BCUT2D eigenvalue weighted by Gasteiger charge is 2.32. The van der Waals surface area contributed by atoms with E-state index in [1.807, 2.05) is 31.3 Å². The van der Waals surface area contributed by atoms with E-state index in [-0.39, 0.29) is 11.4 Å². The third-order valence-electron chi connectivity index (χ3n) is 5.54. The average molecular weight is 398 g/mol. The summed E-state index contributed by atoms with van der Waals surface area (Å²) < 4.78 is 27.6. The fourth-order valence-corrected chi connectivity index (χ4v) is 5.32. The van der Waals surface area contributed by atoms with Gasteiger partial charge in [-0.2, -0.15) is 4.31 Å². The number of nitrogens with zero attached hydrogens (tertiary/aromatic N) is 2. The number of pyridine rings is 1. The number of benzene rings is 1. The molecule has 1 atom stereocenters. The van der Waals surface area contributed by atoms with Gasteiger partial charge in [-0.25, -0.2) is 8.42 Å². The second kappa shape index (κ2) is 7.14. The lowest BCUT2D eigenvalue weighted by Crippen LogP contribution is -2.34. The molecule has 1 aliphatic heterocycles. The molecule has 7 heteroatoms. The van der Waals surface area contributed by atoms with Crippen molar-refractivity contribution >= 4 is 21.6 Å². The summed E-state index contributed by atoms with van der Waals surface area (Å²) in [7, 11) is -3.67. The van der Waals surface area contributed by atoms with E-state index < -0.39 is 21.9 Å². The minimum absolute atomic E-state index is 0.171. The number of carboxylic acid groups (broad SMARTS) is 1. The van der Waals surface area contributed by atoms with E-state index in [1.54, 1.807) is 18.2 Å². The van der Waals surface area contributed by atoms with Crippen molar-refractivity contribution in [2.75, 3.05) is 13.1 Å². The monoisotopic (exact) mass is 398 g/mol. The second-order valence-electron chi connectivity index (χ2n) is 7.35. The Balaban J connectivity index is 1.58. The Morgan fingerprint density at radius 2 is 2.04 bits per heavy atom. The van der Waals surface area contributed by atoms with Crippen LogP contribution in [0, 0.1) is 6.92 Å². The summed E-state index contributed by atoms with van der Waals surface area (Å²) in [6.07, 6.45) is 5.51. The van der Waals surface area contributed by atoms with Crippen LogP contribution in [0.1, 0.15) is 41.1 Å². The Labute approximate surface area is 164 Å². The number of aliphatic carboxylic acids is 1. The SMILES string of the molecule is Cc1ccc(C2=CCN(S(=O)(=O)c3ccc4c(c3)C(C(=O)O)CC4)CC2)nc1. The van der Waals surface area contributed by atoms with Gasteiger partial charge in [0.2, 0.25) is 10.0 Å². The van der Waals surface area contributed by atoms with E-state index in [4.69, 9.17) is 0 Å². The quantitative estimate of drug-likeness (QED) is 0.855. The topological polar surface area (TPSA) is 87.6 Å². The summed E-state index contributed by atoms with van der Waals surface area (Å²) in [6.45, 7) is 2.64. The van der Waals surface area contributed by atoms with Crippen LogP contribution in [0.4, 0.5) is 0 Å². The molecule has 0 radical (unpaired) electrons. The number of aromatic nitrogens is 1. The molecule has 0 fully saturated rings. The molecule has 0 saturated carbocycles. The predicted molar refractivity (Wildman–Crippen MR) is 105 cm³/mol. The largest absolute Gasteiger partial charge is 0.481 e. The number of hydrogen-bond acceptors (Lipinski definition) is 4. The number of carbonyl (C=O) groups is 1. The van der Waals surface area contributed by atoms with Crippen molar-refractivity contribution in [1.82, 2.24) is 9.29 Å². The highest BCUT2D eigenvalue weighted by atomic mass is 32.2. The second-order valence-corrected chi connectivity index (χ2v) is 9.29. The maximum Gasteiger partial charge on any atom is 0.310 e. The molecule has 1 N–H and O–H groups in total. The highest BCUT2D eigenvalue weighted by Crippen LogP contribution is 2.35. The number of hydrogen-bond donors (Lipinski definition) is 1. The molecule has 4 rings (SSSR count). The number of sulfonamides is 1. The minimum atomic E-state index is -3.67. The normalized spacial score (nSPS) is 19.9. The zero-order valence-electron chi connectivity index (χ0n) is 15.6. The minimum Gasteiger partial charge on any atom is -0.481 e. The van der Waals surface area contributed by atoms with Crippen LogP contribution in [0.25, 0.3) is 5.57 Å². The van der Waals surface area contributed by atoms with Gasteiger partial charge < -0.3 is 5.11 Å². The van der Waals surface area contributed by atoms with Crippen LogP contribution in [0.3, 0.4) is 0 Å². The summed E-state index contributed by atoms with van der Waals surface area (Å²) in [6, 6.07) is 8.86. The molecule has 2 aliphatic rings. The zero-order chi connectivity index (χ0) is 19.9. The van der Waals surface area contributed by atoms with Gasteiger partial charge in [-0.05, 0) is 66.6 Å². The van der Waals surface area contributed by atoms with Gasteiger partial charge in [0.15, 0.2) is 0 Å². The molecule has 0 amide bonds. The van der Waals surface area contributed by atoms with Crippen molar-refractivity contribution in [3.63, 3.8) is 0 Å². The van der Waals surface area contributed by atoms with Crippen molar-refractivity contribution in [1.29, 1.82) is 0 Å². The van der Waals surface area contributed by atoms with Crippen molar-refractivity contribution < 1.29 is 18.3 Å². The van der Waals surface area contributed by atoms with Crippen LogP contribution < -0.4 is 0 Å². The Bertz CT molecular complexity index is 1060. The summed E-state index contributed by atoms with van der Waals surface area (Å²) in [4.78, 5) is 16.0. The fourth-order valence-electron chi connectivity index (χ4n) is 3.91. The molecule has 6 nitrogen and oxygen atoms in total. The Morgan fingerprint density at radius 3 is 2.68 bits per heavy atom. The van der Waals surface area contributed by atoms with E-state index in [2.05, 4.69) is 4.98 Å². The number of carboxylic acids is 1. The van der Waals surface area contributed by atoms with Gasteiger partial charge in [0.25, 0.3) is 0 Å². The summed E-state index contributed by atoms with van der Waals surface area (Å²) >= 11 is 0. The molecule has 2 heterocycles. The first-order valence-electron chi connectivity index (χ1n) is 9.34. The molecular formula is C21H22N2O4S. The van der Waals surface area contributed by atoms with Gasteiger partial charge in [-0.1, -0.05) is 18.2 Å². The van der Waals surface area contributed by atoms with Gasteiger partial charge in [0.1, 0.15) is 0 Å². The molecule has 1 aliphatic carbocycles. The van der Waals surface area contributed by atoms with Crippen LogP contribution >= 0.6 is 0 Å². The van der Waals surface area contributed by atoms with Crippen molar-refractivity contribution in [2.24, 2.45) is 0 Å². The molecule has 0 saturated heterocycles. The molecule has 2 aromatic rings. The lowest BCUT2D eigenvalue weighted by atomic mass is 10.0.